The number of carbonyl (C=O) groups is 1. The highest BCUT2D eigenvalue weighted by Gasteiger charge is 2.13. The molecule has 0 atom stereocenters. The first-order valence-electron chi connectivity index (χ1n) is 5.42. The zero-order valence-electron chi connectivity index (χ0n) is 9.33. The normalized spacial score (nSPS) is 10.7. The van der Waals surface area contributed by atoms with Crippen molar-refractivity contribution in [1.29, 1.82) is 0 Å². The van der Waals surface area contributed by atoms with Gasteiger partial charge in [0.25, 0.3) is 0 Å². The molecule has 0 radical (unpaired) electrons. The van der Waals surface area contributed by atoms with E-state index in [-0.39, 0.29) is 5.78 Å². The number of carbonyl (C=O) groups excluding carboxylic acids is 1. The maximum absolute atomic E-state index is 12.3. The first-order chi connectivity index (χ1) is 8.75. The van der Waals surface area contributed by atoms with Gasteiger partial charge in [0.1, 0.15) is 5.69 Å². The van der Waals surface area contributed by atoms with E-state index in [1.165, 1.54) is 10.7 Å². The van der Waals surface area contributed by atoms with Gasteiger partial charge in [0.2, 0.25) is 5.78 Å². The predicted molar refractivity (Wildman–Crippen MR) is 65.7 cm³/mol. The molecule has 18 heavy (non-hydrogen) atoms. The minimum absolute atomic E-state index is 0.141. The molecule has 0 aliphatic heterocycles. The monoisotopic (exact) mass is 239 g/mol. The van der Waals surface area contributed by atoms with Crippen LogP contribution in [0.5, 0.6) is 0 Å². The van der Waals surface area contributed by atoms with Gasteiger partial charge in [-0.2, -0.15) is 4.98 Å². The molecule has 0 spiro atoms. The van der Waals surface area contributed by atoms with E-state index in [9.17, 15) is 9.59 Å². The lowest BCUT2D eigenvalue weighted by atomic mass is 10.1. The Hall–Kier alpha value is -2.69. The van der Waals surface area contributed by atoms with E-state index < -0.39 is 5.69 Å². The standard InChI is InChI=1S/C13H9N3O2/c17-12(9-4-2-1-3-5-9)11-7-6-10-8-14-13(18)15-16(10)11/h1-8H,(H,15,18). The first-order valence-corrected chi connectivity index (χ1v) is 5.42. The van der Waals surface area contributed by atoms with Crippen molar-refractivity contribution < 1.29 is 4.79 Å². The highest BCUT2D eigenvalue weighted by Crippen LogP contribution is 2.11. The lowest BCUT2D eigenvalue weighted by molar-refractivity contribution is 0.103. The quantitative estimate of drug-likeness (QED) is 0.684. The van der Waals surface area contributed by atoms with Crippen LogP contribution in [0.15, 0.2) is 53.5 Å². The summed E-state index contributed by atoms with van der Waals surface area (Å²) in [7, 11) is 0. The number of ketones is 1. The van der Waals surface area contributed by atoms with Crippen LogP contribution in [0.3, 0.4) is 0 Å². The minimum Gasteiger partial charge on any atom is -0.287 e. The van der Waals surface area contributed by atoms with E-state index in [0.717, 1.165) is 0 Å². The number of nitrogens with zero attached hydrogens (tertiary/aromatic N) is 2. The Labute approximate surface area is 102 Å². The molecule has 0 amide bonds. The lowest BCUT2D eigenvalue weighted by Crippen LogP contribution is -2.17. The van der Waals surface area contributed by atoms with E-state index >= 15 is 0 Å². The molecule has 3 rings (SSSR count). The summed E-state index contributed by atoms with van der Waals surface area (Å²) in [6.07, 6.45) is 1.43. The molecule has 5 heteroatoms. The zero-order valence-corrected chi connectivity index (χ0v) is 9.33. The molecule has 88 valence electrons. The Balaban J connectivity index is 2.18. The highest BCUT2D eigenvalue weighted by atomic mass is 16.1. The second-order valence-electron chi connectivity index (χ2n) is 3.85. The third-order valence-corrected chi connectivity index (χ3v) is 2.70. The van der Waals surface area contributed by atoms with Crippen molar-refractivity contribution in [2.75, 3.05) is 0 Å². The molecule has 0 fully saturated rings. The number of hydrogen-bond acceptors (Lipinski definition) is 3. The Kier molecular flexibility index (Phi) is 2.30. The van der Waals surface area contributed by atoms with Gasteiger partial charge in [-0.3, -0.25) is 4.79 Å². The van der Waals surface area contributed by atoms with E-state index in [4.69, 9.17) is 0 Å². The third kappa shape index (κ3) is 1.62. The summed E-state index contributed by atoms with van der Waals surface area (Å²) >= 11 is 0. The molecule has 3 aromatic rings. The number of aromatic nitrogens is 3. The first kappa shape index (κ1) is 10.5. The van der Waals surface area contributed by atoms with Crippen molar-refractivity contribution in [3.63, 3.8) is 0 Å². The lowest BCUT2D eigenvalue weighted by Gasteiger charge is -2.01. The van der Waals surface area contributed by atoms with Crippen LogP contribution in [0.1, 0.15) is 16.1 Å². The van der Waals surface area contributed by atoms with Crippen molar-refractivity contribution in [2.24, 2.45) is 0 Å². The molecule has 1 N–H and O–H groups in total. The van der Waals surface area contributed by atoms with Gasteiger partial charge in [0.05, 0.1) is 11.7 Å². The number of benzene rings is 1. The largest absolute Gasteiger partial charge is 0.360 e. The number of nitrogens with one attached hydrogen (secondary N) is 1. The smallest absolute Gasteiger partial charge is 0.287 e. The van der Waals surface area contributed by atoms with Crippen LogP contribution in [0.4, 0.5) is 0 Å². The number of fused-ring (bicyclic) bond motifs is 1. The summed E-state index contributed by atoms with van der Waals surface area (Å²) in [5, 5.41) is 2.52. The minimum atomic E-state index is -0.485. The van der Waals surface area contributed by atoms with Crippen LogP contribution in [0.2, 0.25) is 0 Å². The van der Waals surface area contributed by atoms with Gasteiger partial charge >= 0.3 is 5.69 Å². The predicted octanol–water partition coefficient (Wildman–Crippen LogP) is 1.25. The van der Waals surface area contributed by atoms with Crippen molar-refractivity contribution >= 4 is 11.3 Å². The van der Waals surface area contributed by atoms with Gasteiger partial charge in [-0.05, 0) is 12.1 Å². The van der Waals surface area contributed by atoms with Gasteiger partial charge in [-0.15, -0.1) is 0 Å². The maximum Gasteiger partial charge on any atom is 0.360 e. The zero-order chi connectivity index (χ0) is 12.5. The maximum atomic E-state index is 12.3. The van der Waals surface area contributed by atoms with Gasteiger partial charge < -0.3 is 0 Å². The molecule has 0 saturated heterocycles. The van der Waals surface area contributed by atoms with Gasteiger partial charge in [0, 0.05) is 5.56 Å². The van der Waals surface area contributed by atoms with Crippen LogP contribution in [0, 0.1) is 0 Å². The molecule has 5 nitrogen and oxygen atoms in total. The summed E-state index contributed by atoms with van der Waals surface area (Å²) in [6.45, 7) is 0. The Morgan fingerprint density at radius 2 is 1.89 bits per heavy atom. The summed E-state index contributed by atoms with van der Waals surface area (Å²) in [4.78, 5) is 27.1. The van der Waals surface area contributed by atoms with Gasteiger partial charge in [0.15, 0.2) is 0 Å². The third-order valence-electron chi connectivity index (χ3n) is 2.70. The molecule has 2 heterocycles. The van der Waals surface area contributed by atoms with E-state index in [1.807, 2.05) is 6.07 Å². The van der Waals surface area contributed by atoms with Crippen molar-refractivity contribution in [3.05, 3.63) is 70.4 Å². The van der Waals surface area contributed by atoms with Crippen LogP contribution in [-0.2, 0) is 0 Å². The van der Waals surface area contributed by atoms with Crippen molar-refractivity contribution in [2.45, 2.75) is 0 Å². The second-order valence-corrected chi connectivity index (χ2v) is 3.85. The average molecular weight is 239 g/mol. The fourth-order valence-electron chi connectivity index (χ4n) is 1.84. The number of hydrogen-bond donors (Lipinski definition) is 1. The SMILES string of the molecule is O=C(c1ccccc1)c1ccc2cnc(=O)[nH]n12. The van der Waals surface area contributed by atoms with Crippen molar-refractivity contribution in [3.8, 4) is 0 Å². The summed E-state index contributed by atoms with van der Waals surface area (Å²) in [5.41, 5.74) is 1.18. The summed E-state index contributed by atoms with van der Waals surface area (Å²) < 4.78 is 1.45. The van der Waals surface area contributed by atoms with E-state index in [2.05, 4.69) is 10.1 Å². The fraction of sp³-hybridized carbons (Fsp3) is 0. The average Bonchev–Trinajstić information content (AvgIpc) is 2.82. The molecule has 1 aromatic carbocycles. The number of H-pyrrole nitrogens is 1. The topological polar surface area (TPSA) is 67.2 Å². The Morgan fingerprint density at radius 3 is 2.67 bits per heavy atom. The molecule has 0 bridgehead atoms. The van der Waals surface area contributed by atoms with E-state index in [0.29, 0.717) is 16.8 Å². The molecule has 0 saturated carbocycles. The van der Waals surface area contributed by atoms with Crippen LogP contribution in [-0.4, -0.2) is 20.4 Å². The molecule has 0 aliphatic rings. The Morgan fingerprint density at radius 1 is 1.11 bits per heavy atom. The van der Waals surface area contributed by atoms with Crippen LogP contribution in [0.25, 0.3) is 5.52 Å². The van der Waals surface area contributed by atoms with E-state index in [1.54, 1.807) is 36.4 Å². The fourth-order valence-corrected chi connectivity index (χ4v) is 1.84. The Bertz CT molecular complexity index is 772. The molecule has 0 unspecified atom stereocenters. The van der Waals surface area contributed by atoms with Crippen LogP contribution < -0.4 is 5.69 Å². The molecular weight excluding hydrogens is 230 g/mol. The van der Waals surface area contributed by atoms with Crippen LogP contribution >= 0.6 is 0 Å². The summed E-state index contributed by atoms with van der Waals surface area (Å²) in [5.74, 6) is -0.141. The second kappa shape index (κ2) is 3.96. The van der Waals surface area contributed by atoms with Gasteiger partial charge in [-0.1, -0.05) is 30.3 Å². The molecular formula is C13H9N3O2. The summed E-state index contributed by atoms with van der Waals surface area (Å²) in [6, 6.07) is 12.3. The van der Waals surface area contributed by atoms with Crippen molar-refractivity contribution in [1.82, 2.24) is 14.6 Å². The number of rotatable bonds is 2. The van der Waals surface area contributed by atoms with Gasteiger partial charge in [-0.25, -0.2) is 14.4 Å². The molecule has 0 aliphatic carbocycles. The number of aromatic amines is 1. The highest BCUT2D eigenvalue weighted by molar-refractivity contribution is 6.08. The molecule has 2 aromatic heterocycles.